The number of hydrogen-bond acceptors (Lipinski definition) is 7. The molecule has 3 rings (SSSR count). The third-order valence-electron chi connectivity index (χ3n) is 3.88. The lowest BCUT2D eigenvalue weighted by Crippen LogP contribution is -2.24. The number of rotatable bonds is 5. The topological polar surface area (TPSA) is 115 Å². The van der Waals surface area contributed by atoms with Crippen LogP contribution < -0.4 is 15.4 Å². The Morgan fingerprint density at radius 1 is 1.07 bits per heavy atom. The fourth-order valence-corrected chi connectivity index (χ4v) is 2.51. The number of aryl methyl sites for hydroxylation is 1. The summed E-state index contributed by atoms with van der Waals surface area (Å²) in [4.78, 5) is 35.8. The first-order valence-electron chi connectivity index (χ1n) is 8.63. The van der Waals surface area contributed by atoms with Crippen molar-refractivity contribution < 1.29 is 19.1 Å². The van der Waals surface area contributed by atoms with Crippen molar-refractivity contribution in [1.29, 1.82) is 0 Å². The van der Waals surface area contributed by atoms with Crippen LogP contribution in [0.15, 0.2) is 49.1 Å². The lowest BCUT2D eigenvalue weighted by molar-refractivity contribution is 0.0594. The lowest BCUT2D eigenvalue weighted by atomic mass is 10.1. The van der Waals surface area contributed by atoms with Gasteiger partial charge in [0.15, 0.2) is 0 Å². The van der Waals surface area contributed by atoms with E-state index in [0.717, 1.165) is 5.56 Å². The van der Waals surface area contributed by atoms with Gasteiger partial charge in [-0.25, -0.2) is 19.6 Å². The average Bonchev–Trinajstić information content (AvgIpc) is 2.73. The van der Waals surface area contributed by atoms with Gasteiger partial charge in [0.05, 0.1) is 13.3 Å². The van der Waals surface area contributed by atoms with Gasteiger partial charge >= 0.3 is 12.0 Å². The quantitative estimate of drug-likeness (QED) is 0.640. The van der Waals surface area contributed by atoms with E-state index in [4.69, 9.17) is 9.47 Å². The summed E-state index contributed by atoms with van der Waals surface area (Å²) in [7, 11) is 2.79. The van der Waals surface area contributed by atoms with Crippen molar-refractivity contribution in [2.24, 2.45) is 0 Å². The zero-order valence-corrected chi connectivity index (χ0v) is 16.1. The second kappa shape index (κ2) is 8.79. The largest absolute Gasteiger partial charge is 0.464 e. The maximum atomic E-state index is 11.8. The van der Waals surface area contributed by atoms with E-state index < -0.39 is 12.0 Å². The fourth-order valence-electron chi connectivity index (χ4n) is 2.51. The number of pyridine rings is 3. The monoisotopic (exact) mass is 393 g/mol. The number of carbonyl (C=O) groups excluding carboxylic acids is 2. The van der Waals surface area contributed by atoms with Gasteiger partial charge in [-0.05, 0) is 36.2 Å². The van der Waals surface area contributed by atoms with Gasteiger partial charge in [0.2, 0.25) is 0 Å². The summed E-state index contributed by atoms with van der Waals surface area (Å²) in [6.45, 7) is 1.90. The SMILES string of the molecule is CNC(=O)Nc1cc(Oc2cncc(C)c2)c(-c2ccnc(C(=O)OC)c2)cn1. The summed E-state index contributed by atoms with van der Waals surface area (Å²) < 4.78 is 10.7. The van der Waals surface area contributed by atoms with E-state index in [2.05, 4.69) is 25.6 Å². The van der Waals surface area contributed by atoms with Crippen LogP contribution in [0.25, 0.3) is 11.1 Å². The molecule has 29 heavy (non-hydrogen) atoms. The van der Waals surface area contributed by atoms with Crippen molar-refractivity contribution in [3.63, 3.8) is 0 Å². The molecule has 0 atom stereocenters. The molecule has 0 radical (unpaired) electrons. The Morgan fingerprint density at radius 2 is 1.90 bits per heavy atom. The van der Waals surface area contributed by atoms with Crippen LogP contribution in [0.3, 0.4) is 0 Å². The van der Waals surface area contributed by atoms with Crippen molar-refractivity contribution in [2.45, 2.75) is 6.92 Å². The number of nitrogens with zero attached hydrogens (tertiary/aromatic N) is 3. The highest BCUT2D eigenvalue weighted by molar-refractivity contribution is 5.90. The van der Waals surface area contributed by atoms with Gasteiger partial charge in [0.1, 0.15) is 23.0 Å². The molecule has 0 fully saturated rings. The van der Waals surface area contributed by atoms with E-state index in [1.807, 2.05) is 13.0 Å². The molecule has 0 saturated heterocycles. The fraction of sp³-hybridized carbons (Fsp3) is 0.150. The van der Waals surface area contributed by atoms with Gasteiger partial charge in [-0.15, -0.1) is 0 Å². The molecule has 0 aliphatic heterocycles. The molecule has 0 bridgehead atoms. The predicted molar refractivity (Wildman–Crippen MR) is 106 cm³/mol. The molecular weight excluding hydrogens is 374 g/mol. The molecule has 3 aromatic rings. The van der Waals surface area contributed by atoms with Gasteiger partial charge in [-0.3, -0.25) is 10.3 Å². The van der Waals surface area contributed by atoms with Gasteiger partial charge in [0.25, 0.3) is 0 Å². The van der Waals surface area contributed by atoms with E-state index in [1.165, 1.54) is 20.4 Å². The number of anilines is 1. The van der Waals surface area contributed by atoms with Crippen LogP contribution in [-0.2, 0) is 4.74 Å². The maximum absolute atomic E-state index is 11.8. The summed E-state index contributed by atoms with van der Waals surface area (Å²) in [5.74, 6) is 0.681. The Morgan fingerprint density at radius 3 is 2.62 bits per heavy atom. The number of aromatic nitrogens is 3. The summed E-state index contributed by atoms with van der Waals surface area (Å²) >= 11 is 0. The average molecular weight is 393 g/mol. The van der Waals surface area contributed by atoms with Crippen LogP contribution >= 0.6 is 0 Å². The number of methoxy groups -OCH3 is 1. The van der Waals surface area contributed by atoms with Crippen LogP contribution in [-0.4, -0.2) is 41.1 Å². The highest BCUT2D eigenvalue weighted by Gasteiger charge is 2.15. The van der Waals surface area contributed by atoms with E-state index in [0.29, 0.717) is 28.4 Å². The first kappa shape index (κ1) is 19.7. The molecule has 3 aromatic heterocycles. The molecule has 148 valence electrons. The van der Waals surface area contributed by atoms with E-state index in [-0.39, 0.29) is 5.69 Å². The van der Waals surface area contributed by atoms with Gasteiger partial charge < -0.3 is 14.8 Å². The van der Waals surface area contributed by atoms with Crippen molar-refractivity contribution in [3.05, 3.63) is 60.3 Å². The van der Waals surface area contributed by atoms with Crippen molar-refractivity contribution in [3.8, 4) is 22.6 Å². The molecule has 9 nitrogen and oxygen atoms in total. The van der Waals surface area contributed by atoms with E-state index in [9.17, 15) is 9.59 Å². The Kier molecular flexibility index (Phi) is 5.98. The Hall–Kier alpha value is -4.01. The molecule has 0 saturated carbocycles. The molecule has 2 amide bonds. The predicted octanol–water partition coefficient (Wildman–Crippen LogP) is 3.18. The molecule has 0 spiro atoms. The number of esters is 1. The number of urea groups is 1. The Bertz CT molecular complexity index is 1050. The van der Waals surface area contributed by atoms with Crippen LogP contribution in [0.5, 0.6) is 11.5 Å². The number of ether oxygens (including phenoxy) is 2. The maximum Gasteiger partial charge on any atom is 0.356 e. The second-order valence-corrected chi connectivity index (χ2v) is 5.99. The zero-order chi connectivity index (χ0) is 20.8. The van der Waals surface area contributed by atoms with Gasteiger partial charge in [0, 0.05) is 37.3 Å². The number of nitrogens with one attached hydrogen (secondary N) is 2. The van der Waals surface area contributed by atoms with E-state index in [1.54, 1.807) is 36.8 Å². The Labute approximate surface area is 167 Å². The normalized spacial score (nSPS) is 10.2. The lowest BCUT2D eigenvalue weighted by Gasteiger charge is -2.13. The minimum atomic E-state index is -0.553. The highest BCUT2D eigenvalue weighted by atomic mass is 16.5. The number of hydrogen-bond donors (Lipinski definition) is 2. The molecule has 2 N–H and O–H groups in total. The minimum absolute atomic E-state index is 0.153. The van der Waals surface area contributed by atoms with Crippen molar-refractivity contribution in [1.82, 2.24) is 20.3 Å². The molecule has 0 aliphatic carbocycles. The first-order chi connectivity index (χ1) is 14.0. The van der Waals surface area contributed by atoms with Gasteiger partial charge in [-0.1, -0.05) is 0 Å². The minimum Gasteiger partial charge on any atom is -0.464 e. The van der Waals surface area contributed by atoms with Crippen LogP contribution in [0.2, 0.25) is 0 Å². The molecular formula is C20H19N5O4. The molecule has 3 heterocycles. The van der Waals surface area contributed by atoms with Crippen LogP contribution in [0.1, 0.15) is 16.1 Å². The highest BCUT2D eigenvalue weighted by Crippen LogP contribution is 2.34. The number of carbonyl (C=O) groups is 2. The van der Waals surface area contributed by atoms with Crippen molar-refractivity contribution >= 4 is 17.8 Å². The summed E-state index contributed by atoms with van der Waals surface area (Å²) in [6, 6.07) is 6.30. The van der Waals surface area contributed by atoms with Crippen LogP contribution in [0.4, 0.5) is 10.6 Å². The summed E-state index contributed by atoms with van der Waals surface area (Å²) in [6.07, 6.45) is 6.33. The molecule has 9 heteroatoms. The summed E-state index contributed by atoms with van der Waals surface area (Å²) in [5.41, 5.74) is 2.33. The number of amides is 2. The zero-order valence-electron chi connectivity index (χ0n) is 16.1. The summed E-state index contributed by atoms with van der Waals surface area (Å²) in [5, 5.41) is 5.07. The third-order valence-corrected chi connectivity index (χ3v) is 3.88. The first-order valence-corrected chi connectivity index (χ1v) is 8.63. The standard InChI is InChI=1S/C20H19N5O4/c1-12-6-14(10-22-9-12)29-17-8-18(25-20(27)21-2)24-11-15(17)13-4-5-23-16(7-13)19(26)28-3/h4-11H,1-3H3,(H2,21,24,25,27). The molecule has 0 unspecified atom stereocenters. The molecule has 0 aromatic carbocycles. The third kappa shape index (κ3) is 4.83. The van der Waals surface area contributed by atoms with Crippen molar-refractivity contribution in [2.75, 3.05) is 19.5 Å². The molecule has 0 aliphatic rings. The Balaban J connectivity index is 2.05. The van der Waals surface area contributed by atoms with E-state index >= 15 is 0 Å². The second-order valence-electron chi connectivity index (χ2n) is 5.99. The smallest absolute Gasteiger partial charge is 0.356 e. The van der Waals surface area contributed by atoms with Gasteiger partial charge in [-0.2, -0.15) is 0 Å². The van der Waals surface area contributed by atoms with Crippen LogP contribution in [0, 0.1) is 6.92 Å².